The van der Waals surface area contributed by atoms with Crippen molar-refractivity contribution in [1.29, 1.82) is 0 Å². The van der Waals surface area contributed by atoms with E-state index in [1.165, 1.54) is 0 Å². The lowest BCUT2D eigenvalue weighted by atomic mass is 9.97. The fourth-order valence-electron chi connectivity index (χ4n) is 2.57. The summed E-state index contributed by atoms with van der Waals surface area (Å²) < 4.78 is 15.3. The minimum absolute atomic E-state index is 0.667. The molecule has 2 saturated heterocycles. The van der Waals surface area contributed by atoms with Crippen LogP contribution in [0, 0.1) is 0 Å². The summed E-state index contributed by atoms with van der Waals surface area (Å²) in [5, 5.41) is 76.5. The van der Waals surface area contributed by atoms with Crippen molar-refractivity contribution in [3.05, 3.63) is 0 Å². The number of ether oxygens (including phenoxy) is 3. The second-order valence-corrected chi connectivity index (χ2v) is 5.53. The molecule has 10 atom stereocenters. The SMILES string of the molecule is OC[C@H]1OC(O[C@H]2[C@H](O)[C@@H](O)[C@H](O)O[C@@H]2CO)[C@H](O)[C@@H](O)[C@H]1O. The predicted octanol–water partition coefficient (Wildman–Crippen LogP) is -5.40. The second-order valence-electron chi connectivity index (χ2n) is 5.53. The van der Waals surface area contributed by atoms with E-state index < -0.39 is 74.6 Å². The molecule has 0 aliphatic carbocycles. The molecule has 23 heavy (non-hydrogen) atoms. The maximum absolute atomic E-state index is 9.94. The van der Waals surface area contributed by atoms with Crippen LogP contribution in [-0.2, 0) is 14.2 Å². The molecule has 0 radical (unpaired) electrons. The van der Waals surface area contributed by atoms with Gasteiger partial charge in [-0.1, -0.05) is 0 Å². The Balaban J connectivity index is 2.11. The number of rotatable bonds is 4. The van der Waals surface area contributed by atoms with Gasteiger partial charge in [0, 0.05) is 0 Å². The third kappa shape index (κ3) is 3.65. The van der Waals surface area contributed by atoms with Crippen LogP contribution in [0.25, 0.3) is 0 Å². The normalized spacial score (nSPS) is 51.7. The zero-order valence-corrected chi connectivity index (χ0v) is 12.0. The van der Waals surface area contributed by atoms with E-state index in [-0.39, 0.29) is 0 Å². The third-order valence-electron chi connectivity index (χ3n) is 3.98. The second kappa shape index (κ2) is 7.63. The maximum atomic E-state index is 9.94. The van der Waals surface area contributed by atoms with Crippen LogP contribution in [0.2, 0.25) is 0 Å². The lowest BCUT2D eigenvalue weighted by molar-refractivity contribution is -0.355. The summed E-state index contributed by atoms with van der Waals surface area (Å²) in [5.74, 6) is 0. The molecule has 0 aromatic carbocycles. The largest absolute Gasteiger partial charge is 0.394 e. The van der Waals surface area contributed by atoms with E-state index in [4.69, 9.17) is 19.3 Å². The highest BCUT2D eigenvalue weighted by molar-refractivity contribution is 4.93. The van der Waals surface area contributed by atoms with Gasteiger partial charge in [0.05, 0.1) is 13.2 Å². The maximum Gasteiger partial charge on any atom is 0.187 e. The average Bonchev–Trinajstić information content (AvgIpc) is 2.55. The summed E-state index contributed by atoms with van der Waals surface area (Å²) in [6.07, 6.45) is -15.6. The fraction of sp³-hybridized carbons (Fsp3) is 1.00. The van der Waals surface area contributed by atoms with E-state index in [0.29, 0.717) is 0 Å². The van der Waals surface area contributed by atoms with Crippen LogP contribution in [-0.4, -0.2) is 115 Å². The molecule has 136 valence electrons. The van der Waals surface area contributed by atoms with Gasteiger partial charge in [-0.15, -0.1) is 0 Å². The van der Waals surface area contributed by atoms with Crippen molar-refractivity contribution in [3.8, 4) is 0 Å². The van der Waals surface area contributed by atoms with Gasteiger partial charge in [-0.05, 0) is 0 Å². The van der Waals surface area contributed by atoms with Crippen molar-refractivity contribution in [1.82, 2.24) is 0 Å². The van der Waals surface area contributed by atoms with Crippen molar-refractivity contribution < 1.29 is 55.1 Å². The zero-order chi connectivity index (χ0) is 17.3. The lowest BCUT2D eigenvalue weighted by Crippen LogP contribution is -2.64. The topological polar surface area (TPSA) is 190 Å². The lowest BCUT2D eigenvalue weighted by Gasteiger charge is -2.45. The molecule has 2 aliphatic rings. The number of aliphatic hydroxyl groups excluding tert-OH is 8. The Morgan fingerprint density at radius 1 is 0.652 bits per heavy atom. The van der Waals surface area contributed by atoms with Crippen molar-refractivity contribution in [2.24, 2.45) is 0 Å². The Kier molecular flexibility index (Phi) is 6.27. The average molecular weight is 342 g/mol. The van der Waals surface area contributed by atoms with Crippen molar-refractivity contribution in [3.63, 3.8) is 0 Å². The summed E-state index contributed by atoms with van der Waals surface area (Å²) in [4.78, 5) is 0. The van der Waals surface area contributed by atoms with E-state index in [1.54, 1.807) is 0 Å². The highest BCUT2D eigenvalue weighted by Gasteiger charge is 2.50. The molecular formula is C12H22O11. The van der Waals surface area contributed by atoms with E-state index in [0.717, 1.165) is 0 Å². The van der Waals surface area contributed by atoms with Gasteiger partial charge >= 0.3 is 0 Å². The van der Waals surface area contributed by atoms with Crippen LogP contribution in [0.3, 0.4) is 0 Å². The summed E-state index contributed by atoms with van der Waals surface area (Å²) in [6, 6.07) is 0. The minimum Gasteiger partial charge on any atom is -0.394 e. The van der Waals surface area contributed by atoms with Crippen LogP contribution in [0.1, 0.15) is 0 Å². The number of hydrogen-bond acceptors (Lipinski definition) is 11. The van der Waals surface area contributed by atoms with Gasteiger partial charge in [0.1, 0.15) is 48.8 Å². The van der Waals surface area contributed by atoms with Crippen molar-refractivity contribution in [2.45, 2.75) is 61.4 Å². The molecular weight excluding hydrogens is 320 g/mol. The molecule has 2 fully saturated rings. The zero-order valence-electron chi connectivity index (χ0n) is 12.0. The highest BCUT2D eigenvalue weighted by Crippen LogP contribution is 2.28. The van der Waals surface area contributed by atoms with Gasteiger partial charge in [-0.2, -0.15) is 0 Å². The van der Waals surface area contributed by atoms with Gasteiger partial charge in [0.2, 0.25) is 0 Å². The molecule has 2 aliphatic heterocycles. The van der Waals surface area contributed by atoms with Gasteiger partial charge in [0.15, 0.2) is 12.6 Å². The first kappa shape index (κ1) is 18.9. The molecule has 11 heteroatoms. The van der Waals surface area contributed by atoms with Gasteiger partial charge in [0.25, 0.3) is 0 Å². The van der Waals surface area contributed by atoms with Gasteiger partial charge in [-0.3, -0.25) is 0 Å². The fourth-order valence-corrected chi connectivity index (χ4v) is 2.57. The molecule has 1 unspecified atom stereocenters. The Labute approximate surface area is 130 Å². The quantitative estimate of drug-likeness (QED) is 0.243. The molecule has 0 aromatic rings. The van der Waals surface area contributed by atoms with E-state index >= 15 is 0 Å². The molecule has 11 nitrogen and oxygen atoms in total. The molecule has 2 heterocycles. The molecule has 0 aromatic heterocycles. The standard InChI is InChI=1S/C12H22O11/c13-1-3-5(15)6(16)9(19)12(22-3)23-10-4(2-14)21-11(20)8(18)7(10)17/h3-20H,1-2H2/t3-,4-,5+,6+,7-,8-,9-,10-,11-,12?/m1/s1. The summed E-state index contributed by atoms with van der Waals surface area (Å²) in [5.41, 5.74) is 0. The Bertz CT molecular complexity index is 378. The minimum atomic E-state index is -1.74. The van der Waals surface area contributed by atoms with Gasteiger partial charge in [-0.25, -0.2) is 0 Å². The number of aliphatic hydroxyl groups is 8. The van der Waals surface area contributed by atoms with Crippen molar-refractivity contribution in [2.75, 3.05) is 13.2 Å². The van der Waals surface area contributed by atoms with E-state index in [9.17, 15) is 35.7 Å². The first-order chi connectivity index (χ1) is 10.8. The Morgan fingerprint density at radius 3 is 1.83 bits per heavy atom. The molecule has 0 saturated carbocycles. The number of hydrogen-bond donors (Lipinski definition) is 8. The van der Waals surface area contributed by atoms with E-state index in [2.05, 4.69) is 0 Å². The predicted molar refractivity (Wildman–Crippen MR) is 68.6 cm³/mol. The highest BCUT2D eigenvalue weighted by atomic mass is 16.7. The Hall–Kier alpha value is -0.440. The smallest absolute Gasteiger partial charge is 0.187 e. The van der Waals surface area contributed by atoms with Crippen LogP contribution < -0.4 is 0 Å². The van der Waals surface area contributed by atoms with E-state index in [1.807, 2.05) is 0 Å². The van der Waals surface area contributed by atoms with Crippen molar-refractivity contribution >= 4 is 0 Å². The third-order valence-corrected chi connectivity index (χ3v) is 3.98. The first-order valence-corrected chi connectivity index (χ1v) is 7.08. The summed E-state index contributed by atoms with van der Waals surface area (Å²) in [7, 11) is 0. The molecule has 0 bridgehead atoms. The summed E-state index contributed by atoms with van der Waals surface area (Å²) in [6.45, 7) is -1.35. The molecule has 8 N–H and O–H groups in total. The van der Waals surface area contributed by atoms with Crippen LogP contribution in [0.15, 0.2) is 0 Å². The first-order valence-electron chi connectivity index (χ1n) is 7.08. The van der Waals surface area contributed by atoms with Gasteiger partial charge < -0.3 is 55.1 Å². The van der Waals surface area contributed by atoms with Crippen LogP contribution in [0.5, 0.6) is 0 Å². The monoisotopic (exact) mass is 342 g/mol. The molecule has 2 rings (SSSR count). The van der Waals surface area contributed by atoms with Crippen LogP contribution >= 0.6 is 0 Å². The summed E-state index contributed by atoms with van der Waals surface area (Å²) >= 11 is 0. The Morgan fingerprint density at radius 2 is 1.26 bits per heavy atom. The van der Waals surface area contributed by atoms with Crippen LogP contribution in [0.4, 0.5) is 0 Å². The molecule has 0 spiro atoms. The molecule has 0 amide bonds.